The van der Waals surface area contributed by atoms with Crippen molar-refractivity contribution in [3.63, 3.8) is 0 Å². The highest BCUT2D eigenvalue weighted by atomic mass is 35.5. The van der Waals surface area contributed by atoms with Gasteiger partial charge in [-0.3, -0.25) is 4.90 Å². The fraction of sp³-hybridized carbons (Fsp3) is 0.421. The number of hydrogen-bond acceptors (Lipinski definition) is 3. The van der Waals surface area contributed by atoms with Crippen LogP contribution in [0.3, 0.4) is 0 Å². The lowest BCUT2D eigenvalue weighted by molar-refractivity contribution is 0.203. The van der Waals surface area contributed by atoms with Crippen LogP contribution in [-0.4, -0.2) is 35.1 Å². The molecule has 0 aliphatic carbocycles. The smallest absolute Gasteiger partial charge is 0.214 e. The predicted octanol–water partition coefficient (Wildman–Crippen LogP) is 4.78. The highest BCUT2D eigenvalue weighted by molar-refractivity contribution is 6.33. The quantitative estimate of drug-likeness (QED) is 0.729. The van der Waals surface area contributed by atoms with Gasteiger partial charge in [-0.25, -0.2) is 9.37 Å². The lowest BCUT2D eigenvalue weighted by Gasteiger charge is -2.38. The van der Waals surface area contributed by atoms with Crippen molar-refractivity contribution in [2.24, 2.45) is 0 Å². The third-order valence-corrected chi connectivity index (χ3v) is 5.76. The first kappa shape index (κ1) is 16.7. The highest BCUT2D eigenvalue weighted by Gasteiger charge is 2.45. The summed E-state index contributed by atoms with van der Waals surface area (Å²) >= 11 is 6.36. The largest absolute Gasteiger partial charge is 0.323 e. The topological polar surface area (TPSA) is 19.4 Å². The van der Waals surface area contributed by atoms with Crippen LogP contribution >= 0.6 is 11.6 Å². The number of nitrogens with zero attached hydrogens (tertiary/aromatic N) is 3. The lowest BCUT2D eigenvalue weighted by atomic mass is 9.93. The first-order valence-electron chi connectivity index (χ1n) is 8.68. The molecule has 132 valence electrons. The molecule has 2 fully saturated rings. The molecule has 4 rings (SSSR count). The standard InChI is InChI=1S/C19H20ClF2N3/c20-15-7-6-14(21)12-16(15)25(18-5-1-4-17(22)23-18)13-19-8-2-10-24(19)11-3-9-19/h1,4-7,12H,2-3,8-11,13H2. The Morgan fingerprint density at radius 1 is 1.12 bits per heavy atom. The summed E-state index contributed by atoms with van der Waals surface area (Å²) in [5, 5.41) is 0.436. The molecule has 2 aliphatic rings. The second-order valence-electron chi connectivity index (χ2n) is 6.92. The second kappa shape index (κ2) is 6.54. The molecule has 0 unspecified atom stereocenters. The van der Waals surface area contributed by atoms with E-state index in [-0.39, 0.29) is 11.4 Å². The number of fused-ring (bicyclic) bond motifs is 1. The molecule has 1 aromatic heterocycles. The summed E-state index contributed by atoms with van der Waals surface area (Å²) in [4.78, 5) is 8.41. The zero-order valence-corrected chi connectivity index (χ0v) is 14.6. The molecule has 0 saturated carbocycles. The summed E-state index contributed by atoms with van der Waals surface area (Å²) in [7, 11) is 0. The van der Waals surface area contributed by atoms with Crippen molar-refractivity contribution < 1.29 is 8.78 Å². The van der Waals surface area contributed by atoms with Gasteiger partial charge >= 0.3 is 0 Å². The maximum Gasteiger partial charge on any atom is 0.214 e. The fourth-order valence-electron chi connectivity index (χ4n) is 4.31. The molecule has 0 bridgehead atoms. The average Bonchev–Trinajstić information content (AvgIpc) is 3.15. The normalized spacial score (nSPS) is 19.2. The average molecular weight is 364 g/mol. The Balaban J connectivity index is 1.77. The maximum atomic E-state index is 13.9. The number of hydrogen-bond donors (Lipinski definition) is 0. The van der Waals surface area contributed by atoms with Gasteiger partial charge in [-0.05, 0) is 69.1 Å². The zero-order valence-electron chi connectivity index (χ0n) is 13.9. The zero-order chi connectivity index (χ0) is 17.4. The minimum Gasteiger partial charge on any atom is -0.323 e. The van der Waals surface area contributed by atoms with Crippen molar-refractivity contribution in [2.45, 2.75) is 31.2 Å². The number of rotatable bonds is 4. The van der Waals surface area contributed by atoms with E-state index in [2.05, 4.69) is 9.88 Å². The van der Waals surface area contributed by atoms with Crippen LogP contribution in [0.15, 0.2) is 36.4 Å². The number of anilines is 2. The number of halogens is 3. The molecular weight excluding hydrogens is 344 g/mol. The van der Waals surface area contributed by atoms with E-state index in [9.17, 15) is 8.78 Å². The van der Waals surface area contributed by atoms with Crippen molar-refractivity contribution in [3.8, 4) is 0 Å². The van der Waals surface area contributed by atoms with E-state index in [0.717, 1.165) is 38.8 Å². The molecule has 2 aliphatic heterocycles. The van der Waals surface area contributed by atoms with Crippen LogP contribution in [0.5, 0.6) is 0 Å². The van der Waals surface area contributed by atoms with Gasteiger partial charge in [0.1, 0.15) is 11.6 Å². The van der Waals surface area contributed by atoms with E-state index in [0.29, 0.717) is 23.1 Å². The van der Waals surface area contributed by atoms with E-state index < -0.39 is 5.95 Å². The van der Waals surface area contributed by atoms with Crippen molar-refractivity contribution >= 4 is 23.1 Å². The van der Waals surface area contributed by atoms with E-state index in [1.165, 1.54) is 24.3 Å². The first-order chi connectivity index (χ1) is 12.1. The molecule has 0 atom stereocenters. The molecule has 0 radical (unpaired) electrons. The molecule has 0 N–H and O–H groups in total. The third kappa shape index (κ3) is 3.11. The van der Waals surface area contributed by atoms with Crippen LogP contribution in [0.1, 0.15) is 25.7 Å². The number of pyridine rings is 1. The molecule has 0 spiro atoms. The maximum absolute atomic E-state index is 13.9. The van der Waals surface area contributed by atoms with Gasteiger partial charge in [-0.15, -0.1) is 0 Å². The van der Waals surface area contributed by atoms with Gasteiger partial charge in [0, 0.05) is 12.1 Å². The van der Waals surface area contributed by atoms with E-state index in [1.54, 1.807) is 12.1 Å². The number of aromatic nitrogens is 1. The van der Waals surface area contributed by atoms with Gasteiger partial charge in [-0.1, -0.05) is 17.7 Å². The summed E-state index contributed by atoms with van der Waals surface area (Å²) in [5.41, 5.74) is 0.566. The summed E-state index contributed by atoms with van der Waals surface area (Å²) in [5.74, 6) is -0.462. The van der Waals surface area contributed by atoms with E-state index in [4.69, 9.17) is 11.6 Å². The molecular formula is C19H20ClF2N3. The molecule has 3 heterocycles. The van der Waals surface area contributed by atoms with Gasteiger partial charge in [-0.2, -0.15) is 4.39 Å². The Morgan fingerprint density at radius 3 is 2.60 bits per heavy atom. The summed E-state index contributed by atoms with van der Waals surface area (Å²) in [6.07, 6.45) is 4.49. The summed E-state index contributed by atoms with van der Waals surface area (Å²) in [6, 6.07) is 8.95. The van der Waals surface area contributed by atoms with E-state index >= 15 is 0 Å². The first-order valence-corrected chi connectivity index (χ1v) is 9.05. The Kier molecular flexibility index (Phi) is 4.38. The van der Waals surface area contributed by atoms with Crippen LogP contribution in [-0.2, 0) is 0 Å². The Morgan fingerprint density at radius 2 is 1.88 bits per heavy atom. The van der Waals surface area contributed by atoms with Gasteiger partial charge < -0.3 is 4.90 Å². The number of benzene rings is 1. The van der Waals surface area contributed by atoms with Gasteiger partial charge in [0.05, 0.1) is 10.7 Å². The monoisotopic (exact) mass is 363 g/mol. The molecule has 3 nitrogen and oxygen atoms in total. The molecule has 1 aromatic carbocycles. The van der Waals surface area contributed by atoms with Crippen LogP contribution in [0.25, 0.3) is 0 Å². The third-order valence-electron chi connectivity index (χ3n) is 5.44. The van der Waals surface area contributed by atoms with Gasteiger partial charge in [0.25, 0.3) is 0 Å². The highest BCUT2D eigenvalue weighted by Crippen LogP contribution is 2.42. The predicted molar refractivity (Wildman–Crippen MR) is 95.4 cm³/mol. The Hall–Kier alpha value is -1.72. The minimum absolute atomic E-state index is 0.0314. The molecule has 6 heteroatoms. The fourth-order valence-corrected chi connectivity index (χ4v) is 4.53. The van der Waals surface area contributed by atoms with Gasteiger partial charge in [0.15, 0.2) is 0 Å². The van der Waals surface area contributed by atoms with Crippen LogP contribution in [0, 0.1) is 11.8 Å². The van der Waals surface area contributed by atoms with Crippen molar-refractivity contribution in [1.82, 2.24) is 9.88 Å². The molecule has 25 heavy (non-hydrogen) atoms. The van der Waals surface area contributed by atoms with Crippen molar-refractivity contribution in [1.29, 1.82) is 0 Å². The van der Waals surface area contributed by atoms with E-state index in [1.807, 2.05) is 4.90 Å². The van der Waals surface area contributed by atoms with Crippen LogP contribution in [0.4, 0.5) is 20.3 Å². The van der Waals surface area contributed by atoms with Crippen molar-refractivity contribution in [3.05, 3.63) is 53.2 Å². The summed E-state index contributed by atoms with van der Waals surface area (Å²) in [6.45, 7) is 2.80. The summed E-state index contributed by atoms with van der Waals surface area (Å²) < 4.78 is 27.6. The van der Waals surface area contributed by atoms with Gasteiger partial charge in [0.2, 0.25) is 5.95 Å². The lowest BCUT2D eigenvalue weighted by Crippen LogP contribution is -2.47. The Bertz CT molecular complexity index is 773. The molecule has 2 aromatic rings. The van der Waals surface area contributed by atoms with Crippen LogP contribution < -0.4 is 4.90 Å². The SMILES string of the molecule is Fc1ccc(Cl)c(N(CC23CCCN2CCC3)c2cccc(F)n2)c1. The van der Waals surface area contributed by atoms with Crippen LogP contribution in [0.2, 0.25) is 5.02 Å². The molecule has 0 amide bonds. The minimum atomic E-state index is -0.553. The Labute approximate surface area is 151 Å². The van der Waals surface area contributed by atoms with Crippen molar-refractivity contribution in [2.75, 3.05) is 24.5 Å². The second-order valence-corrected chi connectivity index (χ2v) is 7.33. The molecule has 2 saturated heterocycles.